The van der Waals surface area contributed by atoms with E-state index in [9.17, 15) is 4.79 Å². The minimum absolute atomic E-state index is 0.0354. The van der Waals surface area contributed by atoms with Gasteiger partial charge in [-0.15, -0.1) is 11.3 Å². The number of halogens is 2. The molecule has 144 valence electrons. The molecule has 1 saturated heterocycles. The molecule has 4 rings (SSSR count). The molecule has 0 bridgehead atoms. The molecule has 1 amide bonds. The molecule has 27 heavy (non-hydrogen) atoms. The zero-order valence-corrected chi connectivity index (χ0v) is 17.4. The molecule has 0 N–H and O–H groups in total. The van der Waals surface area contributed by atoms with Gasteiger partial charge in [0, 0.05) is 38.0 Å². The summed E-state index contributed by atoms with van der Waals surface area (Å²) < 4.78 is 5.93. The molecule has 8 heteroatoms. The predicted molar refractivity (Wildman–Crippen MR) is 109 cm³/mol. The van der Waals surface area contributed by atoms with Crippen molar-refractivity contribution in [2.45, 2.75) is 38.5 Å². The summed E-state index contributed by atoms with van der Waals surface area (Å²) in [6, 6.07) is 5.98. The van der Waals surface area contributed by atoms with Gasteiger partial charge in [-0.3, -0.25) is 14.6 Å². The van der Waals surface area contributed by atoms with Gasteiger partial charge in [0.05, 0.1) is 28.5 Å². The summed E-state index contributed by atoms with van der Waals surface area (Å²) in [5.41, 5.74) is 2.03. The molecule has 1 aliphatic heterocycles. The maximum absolute atomic E-state index is 11.9. The number of thiazole rings is 1. The van der Waals surface area contributed by atoms with Crippen LogP contribution in [0.15, 0.2) is 23.6 Å². The number of anilines is 1. The van der Waals surface area contributed by atoms with Gasteiger partial charge in [0.25, 0.3) is 0 Å². The second-order valence-corrected chi connectivity index (χ2v) is 8.66. The fourth-order valence-electron chi connectivity index (χ4n) is 3.35. The minimum atomic E-state index is -0.0354. The average Bonchev–Trinajstić information content (AvgIpc) is 3.36. The van der Waals surface area contributed by atoms with Crippen LogP contribution in [0, 0.1) is 0 Å². The third kappa shape index (κ3) is 4.46. The van der Waals surface area contributed by atoms with E-state index >= 15 is 0 Å². The maximum Gasteiger partial charge on any atom is 0.225 e. The zero-order chi connectivity index (χ0) is 19.0. The quantitative estimate of drug-likeness (QED) is 0.705. The lowest BCUT2D eigenvalue weighted by molar-refractivity contribution is -0.116. The molecule has 2 heterocycles. The Balaban J connectivity index is 1.42. The number of carbonyl (C=O) groups excluding carboxylic acids is 1. The van der Waals surface area contributed by atoms with E-state index in [0.717, 1.165) is 48.9 Å². The molecule has 1 saturated carbocycles. The molecule has 1 atom stereocenters. The number of ether oxygens (including phenoxy) is 1. The SMILES string of the molecule is CC(=O)N(c1nc(CN2CCOC(c3ccc(Cl)c(Cl)c3)C2)cs1)C1CC1. The van der Waals surface area contributed by atoms with Gasteiger partial charge in [-0.25, -0.2) is 4.98 Å². The summed E-state index contributed by atoms with van der Waals surface area (Å²) in [7, 11) is 0. The molecule has 2 aliphatic rings. The van der Waals surface area contributed by atoms with Crippen LogP contribution in [0.3, 0.4) is 0 Å². The summed E-state index contributed by atoms with van der Waals surface area (Å²) in [5, 5.41) is 3.96. The smallest absolute Gasteiger partial charge is 0.225 e. The van der Waals surface area contributed by atoms with Gasteiger partial charge < -0.3 is 4.74 Å². The van der Waals surface area contributed by atoms with E-state index in [1.807, 2.05) is 23.1 Å². The van der Waals surface area contributed by atoms with Crippen LogP contribution in [0.2, 0.25) is 10.0 Å². The molecule has 0 spiro atoms. The van der Waals surface area contributed by atoms with Crippen molar-refractivity contribution in [1.29, 1.82) is 0 Å². The van der Waals surface area contributed by atoms with Crippen molar-refractivity contribution >= 4 is 45.6 Å². The first-order chi connectivity index (χ1) is 13.0. The van der Waals surface area contributed by atoms with E-state index in [2.05, 4.69) is 10.3 Å². The van der Waals surface area contributed by atoms with Crippen molar-refractivity contribution in [3.8, 4) is 0 Å². The molecule has 5 nitrogen and oxygen atoms in total. The second kappa shape index (κ2) is 8.05. The van der Waals surface area contributed by atoms with Crippen LogP contribution in [0.25, 0.3) is 0 Å². The fraction of sp³-hybridized carbons (Fsp3) is 0.474. The van der Waals surface area contributed by atoms with Gasteiger partial charge in [-0.1, -0.05) is 29.3 Å². The Bertz CT molecular complexity index is 840. The predicted octanol–water partition coefficient (Wildman–Crippen LogP) is 4.54. The highest BCUT2D eigenvalue weighted by atomic mass is 35.5. The van der Waals surface area contributed by atoms with Gasteiger partial charge in [0.15, 0.2) is 5.13 Å². The molecule has 2 fully saturated rings. The average molecular weight is 426 g/mol. The number of morpholine rings is 1. The molecule has 1 aliphatic carbocycles. The van der Waals surface area contributed by atoms with Crippen LogP contribution >= 0.6 is 34.5 Å². The third-order valence-electron chi connectivity index (χ3n) is 4.85. The number of amides is 1. The van der Waals surface area contributed by atoms with Crippen molar-refractivity contribution in [3.05, 3.63) is 44.9 Å². The van der Waals surface area contributed by atoms with Crippen LogP contribution in [-0.2, 0) is 16.1 Å². The standard InChI is InChI=1S/C19H21Cl2N3O2S/c1-12(25)24(15-3-4-15)19-22-14(11-27-19)9-23-6-7-26-18(10-23)13-2-5-16(20)17(21)8-13/h2,5,8,11,15,18H,3-4,6-7,9-10H2,1H3. The number of rotatable bonds is 5. The van der Waals surface area contributed by atoms with Crippen LogP contribution < -0.4 is 4.90 Å². The molecular formula is C19H21Cl2N3O2S. The number of hydrogen-bond acceptors (Lipinski definition) is 5. The highest BCUT2D eigenvalue weighted by Crippen LogP contribution is 2.34. The summed E-state index contributed by atoms with van der Waals surface area (Å²) in [6.07, 6.45) is 2.11. The summed E-state index contributed by atoms with van der Waals surface area (Å²) in [6.45, 7) is 4.63. The van der Waals surface area contributed by atoms with Crippen molar-refractivity contribution in [3.63, 3.8) is 0 Å². The lowest BCUT2D eigenvalue weighted by Crippen LogP contribution is -2.38. The van der Waals surface area contributed by atoms with Gasteiger partial charge >= 0.3 is 0 Å². The molecule has 1 aromatic heterocycles. The van der Waals surface area contributed by atoms with E-state index in [-0.39, 0.29) is 12.0 Å². The van der Waals surface area contributed by atoms with E-state index < -0.39 is 0 Å². The van der Waals surface area contributed by atoms with Crippen LogP contribution in [0.4, 0.5) is 5.13 Å². The highest BCUT2D eigenvalue weighted by Gasteiger charge is 2.34. The van der Waals surface area contributed by atoms with Gasteiger partial charge in [0.2, 0.25) is 5.91 Å². The van der Waals surface area contributed by atoms with Gasteiger partial charge in [-0.05, 0) is 30.5 Å². The van der Waals surface area contributed by atoms with Gasteiger partial charge in [0.1, 0.15) is 0 Å². The lowest BCUT2D eigenvalue weighted by Gasteiger charge is -2.32. The Morgan fingerprint density at radius 1 is 1.37 bits per heavy atom. The Hall–Kier alpha value is -1.18. The van der Waals surface area contributed by atoms with Crippen molar-refractivity contribution in [2.24, 2.45) is 0 Å². The van der Waals surface area contributed by atoms with E-state index in [0.29, 0.717) is 22.7 Å². The van der Waals surface area contributed by atoms with E-state index in [1.165, 1.54) is 0 Å². The zero-order valence-electron chi connectivity index (χ0n) is 15.0. The largest absolute Gasteiger partial charge is 0.371 e. The number of nitrogens with zero attached hydrogens (tertiary/aromatic N) is 3. The maximum atomic E-state index is 11.9. The van der Waals surface area contributed by atoms with E-state index in [4.69, 9.17) is 32.9 Å². The summed E-state index contributed by atoms with van der Waals surface area (Å²) in [4.78, 5) is 20.8. The number of benzene rings is 1. The number of hydrogen-bond donors (Lipinski definition) is 0. The normalized spacial score (nSPS) is 20.6. The Kier molecular flexibility index (Phi) is 5.71. The van der Waals surface area contributed by atoms with Crippen LogP contribution in [-0.4, -0.2) is 41.5 Å². The van der Waals surface area contributed by atoms with Crippen molar-refractivity contribution in [2.75, 3.05) is 24.6 Å². The Labute approximate surface area is 172 Å². The topological polar surface area (TPSA) is 45.7 Å². The van der Waals surface area contributed by atoms with Crippen molar-refractivity contribution in [1.82, 2.24) is 9.88 Å². The first kappa shape index (κ1) is 19.2. The van der Waals surface area contributed by atoms with Crippen LogP contribution in [0.5, 0.6) is 0 Å². The number of carbonyl (C=O) groups is 1. The Morgan fingerprint density at radius 3 is 2.89 bits per heavy atom. The third-order valence-corrected chi connectivity index (χ3v) is 6.48. The minimum Gasteiger partial charge on any atom is -0.371 e. The van der Waals surface area contributed by atoms with E-state index in [1.54, 1.807) is 18.3 Å². The monoisotopic (exact) mass is 425 g/mol. The molecule has 2 aromatic rings. The first-order valence-electron chi connectivity index (χ1n) is 9.04. The summed E-state index contributed by atoms with van der Waals surface area (Å²) in [5.74, 6) is 0.0736. The molecule has 1 unspecified atom stereocenters. The second-order valence-electron chi connectivity index (χ2n) is 7.01. The number of aromatic nitrogens is 1. The summed E-state index contributed by atoms with van der Waals surface area (Å²) >= 11 is 13.7. The first-order valence-corrected chi connectivity index (χ1v) is 10.7. The molecule has 1 aromatic carbocycles. The Morgan fingerprint density at radius 2 is 2.19 bits per heavy atom. The fourth-order valence-corrected chi connectivity index (χ4v) is 4.59. The van der Waals surface area contributed by atoms with Gasteiger partial charge in [-0.2, -0.15) is 0 Å². The lowest BCUT2D eigenvalue weighted by atomic mass is 10.1. The molecule has 0 radical (unpaired) electrons. The highest BCUT2D eigenvalue weighted by molar-refractivity contribution is 7.14. The van der Waals surface area contributed by atoms with Crippen molar-refractivity contribution < 1.29 is 9.53 Å². The molecular weight excluding hydrogens is 405 g/mol. The van der Waals surface area contributed by atoms with Crippen LogP contribution in [0.1, 0.15) is 37.1 Å².